The van der Waals surface area contributed by atoms with Crippen LogP contribution in [0.15, 0.2) is 12.2 Å². The number of carbonyl (C=O) groups is 1. The Morgan fingerprint density at radius 3 is 2.54 bits per heavy atom. The van der Waals surface area contributed by atoms with Crippen molar-refractivity contribution >= 4 is 5.97 Å². The predicted octanol–water partition coefficient (Wildman–Crippen LogP) is 2.93. The van der Waals surface area contributed by atoms with Gasteiger partial charge < -0.3 is 4.74 Å². The average Bonchev–Trinajstić information content (AvgIpc) is 2.15. The molecule has 2 nitrogen and oxygen atoms in total. The lowest BCUT2D eigenvalue weighted by Crippen LogP contribution is -2.09. The molecule has 0 aromatic rings. The van der Waals surface area contributed by atoms with Gasteiger partial charge in [0.1, 0.15) is 0 Å². The van der Waals surface area contributed by atoms with Crippen LogP contribution in [0.1, 0.15) is 40.0 Å². The molecule has 0 fully saturated rings. The van der Waals surface area contributed by atoms with E-state index in [1.54, 1.807) is 0 Å². The van der Waals surface area contributed by atoms with E-state index in [-0.39, 0.29) is 5.97 Å². The van der Waals surface area contributed by atoms with E-state index < -0.39 is 0 Å². The van der Waals surface area contributed by atoms with Crippen molar-refractivity contribution in [3.05, 3.63) is 12.2 Å². The van der Waals surface area contributed by atoms with Crippen LogP contribution in [0.3, 0.4) is 0 Å². The van der Waals surface area contributed by atoms with Gasteiger partial charge in [0.15, 0.2) is 0 Å². The van der Waals surface area contributed by atoms with Crippen LogP contribution >= 0.6 is 0 Å². The maximum atomic E-state index is 11.1. The molecule has 0 amide bonds. The number of rotatable bonds is 6. The fourth-order valence-electron chi connectivity index (χ4n) is 0.803. The van der Waals surface area contributed by atoms with Crippen molar-refractivity contribution in [2.24, 2.45) is 5.92 Å². The van der Waals surface area contributed by atoms with E-state index in [1.165, 1.54) is 0 Å². The molecule has 1 unspecified atom stereocenters. The first-order valence-electron chi connectivity index (χ1n) is 4.96. The van der Waals surface area contributed by atoms with Gasteiger partial charge in [-0.2, -0.15) is 0 Å². The molecule has 0 bridgehead atoms. The smallest absolute Gasteiger partial charge is 0.333 e. The lowest BCUT2D eigenvalue weighted by molar-refractivity contribution is -0.139. The summed E-state index contributed by atoms with van der Waals surface area (Å²) in [6.07, 6.45) is 2.74. The molecule has 0 saturated carbocycles. The molecule has 0 aromatic carbocycles. The second kappa shape index (κ2) is 6.70. The van der Waals surface area contributed by atoms with Gasteiger partial charge in [-0.1, -0.05) is 33.8 Å². The largest absolute Gasteiger partial charge is 0.462 e. The Labute approximate surface area is 81.0 Å². The number of ether oxygens (including phenoxy) is 1. The third-order valence-corrected chi connectivity index (χ3v) is 2.26. The zero-order valence-electron chi connectivity index (χ0n) is 8.93. The molecule has 13 heavy (non-hydrogen) atoms. The number of hydrogen-bond acceptors (Lipinski definition) is 2. The molecule has 0 spiro atoms. The van der Waals surface area contributed by atoms with Crippen LogP contribution in [0.25, 0.3) is 0 Å². The molecule has 1 atom stereocenters. The standard InChI is InChI=1S/C11H20O2/c1-5-9(3)7-8-13-11(12)10(4)6-2/h9H,4-8H2,1-3H3. The Balaban J connectivity index is 3.53. The van der Waals surface area contributed by atoms with Gasteiger partial charge in [0, 0.05) is 5.57 Å². The van der Waals surface area contributed by atoms with Gasteiger partial charge in [0.05, 0.1) is 6.61 Å². The van der Waals surface area contributed by atoms with Crippen molar-refractivity contribution in [2.45, 2.75) is 40.0 Å². The summed E-state index contributed by atoms with van der Waals surface area (Å²) in [6.45, 7) is 10.3. The van der Waals surface area contributed by atoms with E-state index in [0.717, 1.165) is 12.8 Å². The van der Waals surface area contributed by atoms with Crippen molar-refractivity contribution in [1.29, 1.82) is 0 Å². The van der Waals surface area contributed by atoms with Gasteiger partial charge in [-0.05, 0) is 18.8 Å². The summed E-state index contributed by atoms with van der Waals surface area (Å²) < 4.78 is 5.03. The zero-order valence-corrected chi connectivity index (χ0v) is 8.93. The summed E-state index contributed by atoms with van der Waals surface area (Å²) in [6, 6.07) is 0. The molecule has 0 aliphatic carbocycles. The molecule has 0 aliphatic rings. The normalized spacial score (nSPS) is 12.2. The molecule has 0 rings (SSSR count). The quantitative estimate of drug-likeness (QED) is 0.468. The lowest BCUT2D eigenvalue weighted by atomic mass is 10.1. The van der Waals surface area contributed by atoms with E-state index in [4.69, 9.17) is 4.74 Å². The highest BCUT2D eigenvalue weighted by Gasteiger charge is 2.06. The third-order valence-electron chi connectivity index (χ3n) is 2.26. The minimum Gasteiger partial charge on any atom is -0.462 e. The highest BCUT2D eigenvalue weighted by atomic mass is 16.5. The topological polar surface area (TPSA) is 26.3 Å². The Kier molecular flexibility index (Phi) is 6.29. The van der Waals surface area contributed by atoms with Crippen LogP contribution in [0, 0.1) is 5.92 Å². The maximum Gasteiger partial charge on any atom is 0.333 e. The second-order valence-corrected chi connectivity index (χ2v) is 3.40. The summed E-state index contributed by atoms with van der Waals surface area (Å²) >= 11 is 0. The van der Waals surface area contributed by atoms with Crippen LogP contribution in [0.4, 0.5) is 0 Å². The van der Waals surface area contributed by atoms with Gasteiger partial charge >= 0.3 is 5.97 Å². The number of hydrogen-bond donors (Lipinski definition) is 0. The van der Waals surface area contributed by atoms with E-state index in [0.29, 0.717) is 24.5 Å². The van der Waals surface area contributed by atoms with Crippen molar-refractivity contribution < 1.29 is 9.53 Å². The second-order valence-electron chi connectivity index (χ2n) is 3.40. The molecular weight excluding hydrogens is 164 g/mol. The van der Waals surface area contributed by atoms with Crippen molar-refractivity contribution in [2.75, 3.05) is 6.61 Å². The highest BCUT2D eigenvalue weighted by molar-refractivity contribution is 5.87. The SMILES string of the molecule is C=C(CC)C(=O)OCCC(C)CC. The number of carbonyl (C=O) groups excluding carboxylic acids is 1. The third kappa shape index (κ3) is 5.45. The maximum absolute atomic E-state index is 11.1. The van der Waals surface area contributed by atoms with Crippen LogP contribution < -0.4 is 0 Å². The Hall–Kier alpha value is -0.790. The summed E-state index contributed by atoms with van der Waals surface area (Å²) in [4.78, 5) is 11.1. The monoisotopic (exact) mass is 184 g/mol. The summed E-state index contributed by atoms with van der Waals surface area (Å²) in [5.74, 6) is 0.383. The molecule has 0 heterocycles. The van der Waals surface area contributed by atoms with Crippen molar-refractivity contribution in [1.82, 2.24) is 0 Å². The van der Waals surface area contributed by atoms with Gasteiger partial charge in [-0.3, -0.25) is 0 Å². The number of esters is 1. The lowest BCUT2D eigenvalue weighted by Gasteiger charge is -2.09. The Morgan fingerprint density at radius 1 is 1.46 bits per heavy atom. The Bertz CT molecular complexity index is 173. The molecule has 0 radical (unpaired) electrons. The van der Waals surface area contributed by atoms with Gasteiger partial charge in [0.25, 0.3) is 0 Å². The van der Waals surface area contributed by atoms with Gasteiger partial charge in [-0.25, -0.2) is 4.79 Å². The fourth-order valence-corrected chi connectivity index (χ4v) is 0.803. The summed E-state index contributed by atoms with van der Waals surface area (Å²) in [7, 11) is 0. The van der Waals surface area contributed by atoms with Gasteiger partial charge in [-0.15, -0.1) is 0 Å². The Morgan fingerprint density at radius 2 is 2.08 bits per heavy atom. The molecule has 0 aromatic heterocycles. The van der Waals surface area contributed by atoms with Crippen LogP contribution in [-0.4, -0.2) is 12.6 Å². The summed E-state index contributed by atoms with van der Waals surface area (Å²) in [5, 5.41) is 0. The predicted molar refractivity (Wildman–Crippen MR) is 54.5 cm³/mol. The minimum atomic E-state index is -0.245. The molecule has 0 N–H and O–H groups in total. The zero-order chi connectivity index (χ0) is 10.3. The van der Waals surface area contributed by atoms with Gasteiger partial charge in [0.2, 0.25) is 0 Å². The first-order chi connectivity index (χ1) is 6.11. The highest BCUT2D eigenvalue weighted by Crippen LogP contribution is 2.07. The molecule has 76 valence electrons. The average molecular weight is 184 g/mol. The molecule has 0 aliphatic heterocycles. The van der Waals surface area contributed by atoms with Crippen LogP contribution in [-0.2, 0) is 9.53 Å². The van der Waals surface area contributed by atoms with Crippen LogP contribution in [0.5, 0.6) is 0 Å². The summed E-state index contributed by atoms with van der Waals surface area (Å²) in [5.41, 5.74) is 0.559. The minimum absolute atomic E-state index is 0.245. The van der Waals surface area contributed by atoms with Crippen LogP contribution in [0.2, 0.25) is 0 Å². The molecule has 0 saturated heterocycles. The first kappa shape index (κ1) is 12.2. The van der Waals surface area contributed by atoms with E-state index in [9.17, 15) is 4.79 Å². The first-order valence-corrected chi connectivity index (χ1v) is 4.96. The fraction of sp³-hybridized carbons (Fsp3) is 0.727. The van der Waals surface area contributed by atoms with Crippen molar-refractivity contribution in [3.63, 3.8) is 0 Å². The molecular formula is C11H20O2. The van der Waals surface area contributed by atoms with E-state index in [2.05, 4.69) is 20.4 Å². The molecule has 2 heteroatoms. The van der Waals surface area contributed by atoms with E-state index >= 15 is 0 Å². The van der Waals surface area contributed by atoms with Crippen molar-refractivity contribution in [3.8, 4) is 0 Å². The van der Waals surface area contributed by atoms with E-state index in [1.807, 2.05) is 6.92 Å².